The zero-order valence-electron chi connectivity index (χ0n) is 16.8. The molecule has 0 radical (unpaired) electrons. The zero-order valence-corrected chi connectivity index (χ0v) is 16.8. The Hall–Kier alpha value is -2.83. The molecule has 0 saturated carbocycles. The highest BCUT2D eigenvalue weighted by atomic mass is 16.6. The first-order valence-electron chi connectivity index (χ1n) is 9.42. The highest BCUT2D eigenvalue weighted by Crippen LogP contribution is 2.24. The first-order chi connectivity index (χ1) is 13.2. The van der Waals surface area contributed by atoms with Gasteiger partial charge in [0.05, 0.1) is 25.3 Å². The highest BCUT2D eigenvalue weighted by molar-refractivity contribution is 5.87. The Labute approximate surface area is 165 Å². The van der Waals surface area contributed by atoms with Crippen LogP contribution in [0.1, 0.15) is 44.4 Å². The van der Waals surface area contributed by atoms with Crippen molar-refractivity contribution in [3.05, 3.63) is 47.8 Å². The van der Waals surface area contributed by atoms with E-state index in [9.17, 15) is 9.59 Å². The van der Waals surface area contributed by atoms with E-state index < -0.39 is 11.5 Å². The van der Waals surface area contributed by atoms with E-state index in [4.69, 9.17) is 9.47 Å². The van der Waals surface area contributed by atoms with Gasteiger partial charge in [0.15, 0.2) is 0 Å². The fraction of sp³-hybridized carbons (Fsp3) is 0.476. The van der Waals surface area contributed by atoms with Crippen LogP contribution in [0.3, 0.4) is 0 Å². The van der Waals surface area contributed by atoms with Crippen molar-refractivity contribution in [1.29, 1.82) is 0 Å². The molecular weight excluding hydrogens is 358 g/mol. The number of rotatable bonds is 4. The van der Waals surface area contributed by atoms with E-state index in [2.05, 4.69) is 5.10 Å². The number of ether oxygens (including phenoxy) is 2. The number of nitrogens with zero attached hydrogens (tertiary/aromatic N) is 3. The van der Waals surface area contributed by atoms with Gasteiger partial charge in [-0.15, -0.1) is 0 Å². The third kappa shape index (κ3) is 4.91. The Morgan fingerprint density at radius 2 is 1.93 bits per heavy atom. The third-order valence-corrected chi connectivity index (χ3v) is 4.59. The lowest BCUT2D eigenvalue weighted by atomic mass is 9.94. The summed E-state index contributed by atoms with van der Waals surface area (Å²) in [5.74, 6) is 0.493. The minimum atomic E-state index is -0.562. The molecule has 0 N–H and O–H groups in total. The lowest BCUT2D eigenvalue weighted by Crippen LogP contribution is -2.45. The largest absolute Gasteiger partial charge is 0.497 e. The molecule has 1 atom stereocenters. The Morgan fingerprint density at radius 3 is 2.57 bits per heavy atom. The van der Waals surface area contributed by atoms with Gasteiger partial charge in [-0.05, 0) is 44.5 Å². The van der Waals surface area contributed by atoms with Crippen LogP contribution in [0.4, 0.5) is 4.79 Å². The van der Waals surface area contributed by atoms with Gasteiger partial charge < -0.3 is 14.4 Å². The van der Waals surface area contributed by atoms with Crippen LogP contribution in [0.2, 0.25) is 0 Å². The van der Waals surface area contributed by atoms with E-state index in [1.54, 1.807) is 16.7 Å². The zero-order chi connectivity index (χ0) is 20.3. The van der Waals surface area contributed by atoms with Crippen molar-refractivity contribution in [3.8, 4) is 5.75 Å². The molecular formula is C21H27N3O4. The van der Waals surface area contributed by atoms with Crippen molar-refractivity contribution in [2.24, 2.45) is 0 Å². The maximum absolute atomic E-state index is 12.4. The number of ketones is 1. The molecule has 7 heteroatoms. The number of aromatic nitrogens is 2. The molecule has 1 aliphatic heterocycles. The van der Waals surface area contributed by atoms with Gasteiger partial charge in [0, 0.05) is 25.7 Å². The molecule has 1 aromatic carbocycles. The van der Waals surface area contributed by atoms with Crippen LogP contribution in [0, 0.1) is 0 Å². The Balaban J connectivity index is 1.68. The summed E-state index contributed by atoms with van der Waals surface area (Å²) in [6.45, 7) is 6.78. The third-order valence-electron chi connectivity index (χ3n) is 4.59. The van der Waals surface area contributed by atoms with Gasteiger partial charge in [-0.2, -0.15) is 5.10 Å². The second kappa shape index (κ2) is 8.04. The number of carbonyl (C=O) groups excluding carboxylic acids is 2. The van der Waals surface area contributed by atoms with Gasteiger partial charge in [-0.1, -0.05) is 12.1 Å². The minimum absolute atomic E-state index is 0.106. The van der Waals surface area contributed by atoms with Crippen LogP contribution in [0.15, 0.2) is 36.5 Å². The summed E-state index contributed by atoms with van der Waals surface area (Å²) >= 11 is 0. The lowest BCUT2D eigenvalue weighted by molar-refractivity contribution is -0.123. The predicted octanol–water partition coefficient (Wildman–Crippen LogP) is 3.23. The minimum Gasteiger partial charge on any atom is -0.497 e. The Morgan fingerprint density at radius 1 is 1.21 bits per heavy atom. The van der Waals surface area contributed by atoms with E-state index in [1.807, 2.05) is 57.3 Å². The smallest absolute Gasteiger partial charge is 0.410 e. The van der Waals surface area contributed by atoms with Crippen molar-refractivity contribution in [2.45, 2.75) is 45.3 Å². The fourth-order valence-corrected chi connectivity index (χ4v) is 3.15. The molecule has 2 aromatic rings. The van der Waals surface area contributed by atoms with Gasteiger partial charge in [0.25, 0.3) is 0 Å². The maximum Gasteiger partial charge on any atom is 0.410 e. The number of Topliss-reactive ketones (excluding diaryl/α,β-unsaturated/α-hetero) is 1. The lowest BCUT2D eigenvalue weighted by Gasteiger charge is -2.32. The average molecular weight is 385 g/mol. The molecule has 0 spiro atoms. The monoisotopic (exact) mass is 385 g/mol. The fourth-order valence-electron chi connectivity index (χ4n) is 3.15. The normalized spacial score (nSPS) is 17.5. The van der Waals surface area contributed by atoms with Crippen molar-refractivity contribution < 1.29 is 19.1 Å². The molecule has 1 unspecified atom stereocenters. The Kier molecular flexibility index (Phi) is 5.72. The molecule has 1 aromatic heterocycles. The standard InChI is InChI=1S/C21H27N3O4/c1-21(2,3)28-20(26)23-11-10-19(25)17(14-23)18-9-12-24(22-18)13-15-5-7-16(27-4)8-6-15/h5-9,12,17H,10-11,13-14H2,1-4H3. The molecule has 150 valence electrons. The number of hydrogen-bond acceptors (Lipinski definition) is 5. The first-order valence-corrected chi connectivity index (χ1v) is 9.42. The summed E-state index contributed by atoms with van der Waals surface area (Å²) in [4.78, 5) is 26.4. The summed E-state index contributed by atoms with van der Waals surface area (Å²) in [5.41, 5.74) is 1.21. The van der Waals surface area contributed by atoms with E-state index in [1.165, 1.54) is 0 Å². The topological polar surface area (TPSA) is 73.7 Å². The quantitative estimate of drug-likeness (QED) is 0.808. The highest BCUT2D eigenvalue weighted by Gasteiger charge is 2.34. The molecule has 1 amide bonds. The number of likely N-dealkylation sites (tertiary alicyclic amines) is 1. The van der Waals surface area contributed by atoms with Crippen molar-refractivity contribution in [3.63, 3.8) is 0 Å². The molecule has 2 heterocycles. The van der Waals surface area contributed by atoms with E-state index in [0.29, 0.717) is 31.7 Å². The number of benzene rings is 1. The number of carbonyl (C=O) groups is 2. The summed E-state index contributed by atoms with van der Waals surface area (Å²) in [6, 6.07) is 9.63. The van der Waals surface area contributed by atoms with Gasteiger partial charge in [-0.25, -0.2) is 4.79 Å². The van der Waals surface area contributed by atoms with Crippen LogP contribution in [-0.4, -0.2) is 52.4 Å². The van der Waals surface area contributed by atoms with Gasteiger partial charge >= 0.3 is 6.09 Å². The molecule has 1 saturated heterocycles. The maximum atomic E-state index is 12.4. The first kappa shape index (κ1) is 19.9. The molecule has 28 heavy (non-hydrogen) atoms. The van der Waals surface area contributed by atoms with Gasteiger partial charge in [0.1, 0.15) is 17.1 Å². The molecule has 1 fully saturated rings. The average Bonchev–Trinajstić information content (AvgIpc) is 3.09. The van der Waals surface area contributed by atoms with Crippen LogP contribution in [0.25, 0.3) is 0 Å². The van der Waals surface area contributed by atoms with Gasteiger partial charge in [0.2, 0.25) is 0 Å². The summed E-state index contributed by atoms with van der Waals surface area (Å²) in [5, 5.41) is 4.58. The van der Waals surface area contributed by atoms with E-state index in [-0.39, 0.29) is 11.9 Å². The molecule has 7 nitrogen and oxygen atoms in total. The SMILES string of the molecule is COc1ccc(Cn2ccc(C3CN(C(=O)OC(C)(C)C)CCC3=O)n2)cc1. The molecule has 0 aliphatic carbocycles. The van der Waals surface area contributed by atoms with E-state index in [0.717, 1.165) is 11.3 Å². The van der Waals surface area contributed by atoms with Crippen LogP contribution in [0.5, 0.6) is 5.75 Å². The Bertz CT molecular complexity index is 836. The predicted molar refractivity (Wildman–Crippen MR) is 104 cm³/mol. The number of piperidine rings is 1. The second-order valence-electron chi connectivity index (χ2n) is 7.98. The summed E-state index contributed by atoms with van der Waals surface area (Å²) in [6.07, 6.45) is 1.79. The van der Waals surface area contributed by atoms with Crippen LogP contribution >= 0.6 is 0 Å². The van der Waals surface area contributed by atoms with Crippen molar-refractivity contribution in [1.82, 2.24) is 14.7 Å². The molecule has 1 aliphatic rings. The number of hydrogen-bond donors (Lipinski definition) is 0. The number of methoxy groups -OCH3 is 1. The number of amides is 1. The van der Waals surface area contributed by atoms with E-state index >= 15 is 0 Å². The van der Waals surface area contributed by atoms with Crippen LogP contribution < -0.4 is 4.74 Å². The van der Waals surface area contributed by atoms with Crippen LogP contribution in [-0.2, 0) is 16.1 Å². The molecule has 3 rings (SSSR count). The summed E-state index contributed by atoms with van der Waals surface area (Å²) in [7, 11) is 1.64. The molecule has 0 bridgehead atoms. The summed E-state index contributed by atoms with van der Waals surface area (Å²) < 4.78 is 12.4. The van der Waals surface area contributed by atoms with Crippen molar-refractivity contribution >= 4 is 11.9 Å². The van der Waals surface area contributed by atoms with Gasteiger partial charge in [-0.3, -0.25) is 9.48 Å². The van der Waals surface area contributed by atoms with Crippen molar-refractivity contribution in [2.75, 3.05) is 20.2 Å². The second-order valence-corrected chi connectivity index (χ2v) is 7.98.